The Morgan fingerprint density at radius 2 is 2.00 bits per heavy atom. The Bertz CT molecular complexity index is 762. The van der Waals surface area contributed by atoms with Crippen molar-refractivity contribution in [2.45, 2.75) is 6.04 Å². The third-order valence-corrected chi connectivity index (χ3v) is 5.54. The van der Waals surface area contributed by atoms with E-state index in [1.807, 2.05) is 17.5 Å². The second-order valence-electron chi connectivity index (χ2n) is 5.35. The lowest BCUT2D eigenvalue weighted by molar-refractivity contribution is 0.0946. The summed E-state index contributed by atoms with van der Waals surface area (Å²) in [6.07, 6.45) is 0. The van der Waals surface area contributed by atoms with Gasteiger partial charge in [-0.15, -0.1) is 22.7 Å². The summed E-state index contributed by atoms with van der Waals surface area (Å²) in [4.78, 5) is 15.1. The van der Waals surface area contributed by atoms with Crippen molar-refractivity contribution in [3.8, 4) is 0 Å². The van der Waals surface area contributed by atoms with Gasteiger partial charge in [0.05, 0.1) is 10.9 Å². The van der Waals surface area contributed by atoms with Crippen LogP contribution in [0, 0.1) is 0 Å². The molecule has 114 valence electrons. The van der Waals surface area contributed by atoms with Gasteiger partial charge in [-0.3, -0.25) is 4.79 Å². The summed E-state index contributed by atoms with van der Waals surface area (Å²) in [5.41, 5.74) is 1.28. The molecule has 22 heavy (non-hydrogen) atoms. The van der Waals surface area contributed by atoms with E-state index in [0.29, 0.717) is 6.54 Å². The van der Waals surface area contributed by atoms with Crippen LogP contribution in [0.2, 0.25) is 0 Å². The lowest BCUT2D eigenvalue weighted by atomic mass is 10.0. The van der Waals surface area contributed by atoms with Gasteiger partial charge in [-0.25, -0.2) is 0 Å². The van der Waals surface area contributed by atoms with Gasteiger partial charge in [-0.05, 0) is 47.9 Å². The number of rotatable bonds is 5. The molecular formula is C17H18N2OS2. The van der Waals surface area contributed by atoms with Crippen LogP contribution in [0.25, 0.3) is 10.1 Å². The summed E-state index contributed by atoms with van der Waals surface area (Å²) in [6, 6.07) is 12.3. The van der Waals surface area contributed by atoms with Crippen molar-refractivity contribution in [2.24, 2.45) is 0 Å². The molecular weight excluding hydrogens is 312 g/mol. The molecule has 0 radical (unpaired) electrons. The van der Waals surface area contributed by atoms with Crippen molar-refractivity contribution in [3.05, 3.63) is 57.6 Å². The number of fused-ring (bicyclic) bond motifs is 1. The quantitative estimate of drug-likeness (QED) is 0.767. The number of carbonyl (C=O) groups is 1. The molecule has 0 fully saturated rings. The molecule has 1 amide bonds. The number of thiophene rings is 2. The van der Waals surface area contributed by atoms with Gasteiger partial charge < -0.3 is 10.2 Å². The molecule has 0 aliphatic rings. The van der Waals surface area contributed by atoms with Crippen LogP contribution in [-0.2, 0) is 0 Å². The first-order valence-electron chi connectivity index (χ1n) is 7.11. The van der Waals surface area contributed by atoms with Crippen LogP contribution in [-0.4, -0.2) is 31.4 Å². The Morgan fingerprint density at radius 3 is 2.73 bits per heavy atom. The Hall–Kier alpha value is -1.69. The first-order valence-corrected chi connectivity index (χ1v) is 8.87. The zero-order valence-corrected chi connectivity index (χ0v) is 14.2. The molecule has 0 aliphatic heterocycles. The normalized spacial score (nSPS) is 12.7. The summed E-state index contributed by atoms with van der Waals surface area (Å²) in [5, 5.41) is 8.45. The van der Waals surface area contributed by atoms with Crippen molar-refractivity contribution in [2.75, 3.05) is 20.6 Å². The van der Waals surface area contributed by atoms with Gasteiger partial charge in [-0.2, -0.15) is 0 Å². The fourth-order valence-corrected chi connectivity index (χ4v) is 4.16. The minimum Gasteiger partial charge on any atom is -0.349 e. The van der Waals surface area contributed by atoms with Crippen LogP contribution in [0.5, 0.6) is 0 Å². The highest BCUT2D eigenvalue weighted by Gasteiger charge is 2.19. The van der Waals surface area contributed by atoms with Gasteiger partial charge in [0, 0.05) is 11.2 Å². The molecule has 1 aromatic carbocycles. The van der Waals surface area contributed by atoms with Crippen molar-refractivity contribution in [1.29, 1.82) is 0 Å². The van der Waals surface area contributed by atoms with Crippen LogP contribution in [0.3, 0.4) is 0 Å². The number of amides is 1. The molecule has 0 saturated heterocycles. The highest BCUT2D eigenvalue weighted by atomic mass is 32.1. The number of likely N-dealkylation sites (N-methyl/N-ethyl adjacent to an activating group) is 1. The number of nitrogens with zero attached hydrogens (tertiary/aromatic N) is 1. The van der Waals surface area contributed by atoms with Gasteiger partial charge in [0.2, 0.25) is 0 Å². The molecule has 1 N–H and O–H groups in total. The summed E-state index contributed by atoms with van der Waals surface area (Å²) in [6.45, 7) is 0.602. The van der Waals surface area contributed by atoms with E-state index >= 15 is 0 Å². The molecule has 2 heterocycles. The van der Waals surface area contributed by atoms with Gasteiger partial charge in [0.1, 0.15) is 0 Å². The largest absolute Gasteiger partial charge is 0.349 e. The Morgan fingerprint density at radius 1 is 1.18 bits per heavy atom. The molecule has 5 heteroatoms. The third kappa shape index (κ3) is 3.06. The molecule has 1 atom stereocenters. The number of nitrogens with one attached hydrogen (secondary N) is 1. The Labute approximate surface area is 138 Å². The Balaban J connectivity index is 1.80. The summed E-state index contributed by atoms with van der Waals surface area (Å²) in [7, 11) is 4.10. The molecule has 3 nitrogen and oxygen atoms in total. The van der Waals surface area contributed by atoms with Gasteiger partial charge >= 0.3 is 0 Å². The average Bonchev–Trinajstić information content (AvgIpc) is 3.17. The van der Waals surface area contributed by atoms with Gasteiger partial charge in [0.15, 0.2) is 0 Å². The predicted octanol–water partition coefficient (Wildman–Crippen LogP) is 4.00. The monoisotopic (exact) mass is 330 g/mol. The van der Waals surface area contributed by atoms with E-state index in [1.54, 1.807) is 11.3 Å². The fourth-order valence-electron chi connectivity index (χ4n) is 2.51. The zero-order valence-electron chi connectivity index (χ0n) is 12.6. The van der Waals surface area contributed by atoms with E-state index in [9.17, 15) is 4.79 Å². The van der Waals surface area contributed by atoms with Crippen molar-refractivity contribution in [1.82, 2.24) is 10.2 Å². The molecule has 0 saturated carbocycles. The highest BCUT2D eigenvalue weighted by Crippen LogP contribution is 2.32. The lowest BCUT2D eigenvalue weighted by Crippen LogP contribution is -2.34. The molecule has 3 rings (SSSR count). The zero-order chi connectivity index (χ0) is 15.5. The van der Waals surface area contributed by atoms with E-state index in [0.717, 1.165) is 4.88 Å². The minimum absolute atomic E-state index is 0.00128. The fraction of sp³-hybridized carbons (Fsp3) is 0.235. The molecule has 3 aromatic rings. The summed E-state index contributed by atoms with van der Waals surface area (Å²) < 4.78 is 1.29. The minimum atomic E-state index is 0.00128. The highest BCUT2D eigenvalue weighted by molar-refractivity contribution is 7.17. The predicted molar refractivity (Wildman–Crippen MR) is 94.9 cm³/mol. The molecule has 0 bridgehead atoms. The maximum atomic E-state index is 12.1. The van der Waals surface area contributed by atoms with Crippen LogP contribution in [0.4, 0.5) is 0 Å². The number of hydrogen-bond acceptors (Lipinski definition) is 4. The first kappa shape index (κ1) is 15.2. The number of carbonyl (C=O) groups excluding carboxylic acids is 1. The van der Waals surface area contributed by atoms with Gasteiger partial charge in [0.25, 0.3) is 5.91 Å². The SMILES string of the molecule is CN(C)[C@@H](CNC(=O)c1cccs1)c1csc2ccccc12. The Kier molecular flexibility index (Phi) is 4.57. The second kappa shape index (κ2) is 6.60. The molecule has 2 aromatic heterocycles. The molecule has 0 unspecified atom stereocenters. The van der Waals surface area contributed by atoms with E-state index in [1.165, 1.54) is 27.0 Å². The van der Waals surface area contributed by atoms with E-state index < -0.39 is 0 Å². The molecule has 0 spiro atoms. The van der Waals surface area contributed by atoms with Crippen LogP contribution >= 0.6 is 22.7 Å². The second-order valence-corrected chi connectivity index (χ2v) is 7.21. The van der Waals surface area contributed by atoms with Crippen molar-refractivity contribution < 1.29 is 4.79 Å². The number of benzene rings is 1. The molecule has 0 aliphatic carbocycles. The van der Waals surface area contributed by atoms with Crippen LogP contribution in [0.15, 0.2) is 47.2 Å². The first-order chi connectivity index (χ1) is 10.7. The van der Waals surface area contributed by atoms with E-state index in [2.05, 4.69) is 54.0 Å². The average molecular weight is 330 g/mol. The van der Waals surface area contributed by atoms with Crippen LogP contribution in [0.1, 0.15) is 21.3 Å². The maximum Gasteiger partial charge on any atom is 0.261 e. The van der Waals surface area contributed by atoms with Crippen molar-refractivity contribution >= 4 is 38.7 Å². The maximum absolute atomic E-state index is 12.1. The lowest BCUT2D eigenvalue weighted by Gasteiger charge is -2.24. The summed E-state index contributed by atoms with van der Waals surface area (Å²) in [5.74, 6) is 0.00128. The van der Waals surface area contributed by atoms with Crippen LogP contribution < -0.4 is 5.32 Å². The van der Waals surface area contributed by atoms with E-state index in [-0.39, 0.29) is 11.9 Å². The van der Waals surface area contributed by atoms with Gasteiger partial charge in [-0.1, -0.05) is 24.3 Å². The topological polar surface area (TPSA) is 32.3 Å². The van der Waals surface area contributed by atoms with E-state index in [4.69, 9.17) is 0 Å². The van der Waals surface area contributed by atoms with Crippen molar-refractivity contribution in [3.63, 3.8) is 0 Å². The standard InChI is InChI=1S/C17H18N2OS2/c1-19(2)14(10-18-17(20)16-8-5-9-21-16)13-11-22-15-7-4-3-6-12(13)15/h3-9,11,14H,10H2,1-2H3,(H,18,20)/t14-/m0/s1. The number of hydrogen-bond donors (Lipinski definition) is 1. The summed E-state index contributed by atoms with van der Waals surface area (Å²) >= 11 is 3.22. The smallest absolute Gasteiger partial charge is 0.261 e. The third-order valence-electron chi connectivity index (χ3n) is 3.69.